The Morgan fingerprint density at radius 2 is 2.14 bits per heavy atom. The largest absolute Gasteiger partial charge is 0.448 e. The lowest BCUT2D eigenvalue weighted by molar-refractivity contribution is 0.465. The summed E-state index contributed by atoms with van der Waals surface area (Å²) < 4.78 is 7.66. The summed E-state index contributed by atoms with van der Waals surface area (Å²) in [7, 11) is 0. The van der Waals surface area contributed by atoms with Crippen LogP contribution in [0.15, 0.2) is 41.1 Å². The molecule has 21 heavy (non-hydrogen) atoms. The van der Waals surface area contributed by atoms with Gasteiger partial charge < -0.3 is 4.42 Å². The van der Waals surface area contributed by atoms with E-state index in [9.17, 15) is 0 Å². The minimum absolute atomic E-state index is 0.719. The third kappa shape index (κ3) is 2.46. The Labute approximate surface area is 127 Å². The molecule has 3 aromatic rings. The molecule has 108 valence electrons. The molecule has 1 saturated heterocycles. The number of imidazole rings is 1. The predicted molar refractivity (Wildman–Crippen MR) is 84.9 cm³/mol. The number of rotatable bonds is 3. The molecule has 4 rings (SSSR count). The highest BCUT2D eigenvalue weighted by atomic mass is 32.2. The van der Waals surface area contributed by atoms with Crippen molar-refractivity contribution in [2.45, 2.75) is 19.3 Å². The average Bonchev–Trinajstić information content (AvgIpc) is 3.14. The Morgan fingerprint density at radius 3 is 2.95 bits per heavy atom. The van der Waals surface area contributed by atoms with Crippen molar-refractivity contribution in [3.63, 3.8) is 0 Å². The molecule has 0 unspecified atom stereocenters. The highest BCUT2D eigenvalue weighted by molar-refractivity contribution is 7.99. The van der Waals surface area contributed by atoms with Gasteiger partial charge in [-0.05, 0) is 48.5 Å². The van der Waals surface area contributed by atoms with E-state index in [1.54, 1.807) is 6.26 Å². The molecule has 0 aliphatic carbocycles. The van der Waals surface area contributed by atoms with Crippen molar-refractivity contribution in [3.05, 3.63) is 42.5 Å². The Bertz CT molecular complexity index is 729. The lowest BCUT2D eigenvalue weighted by atomic mass is 9.98. The molecule has 4 heterocycles. The predicted octanol–water partition coefficient (Wildman–Crippen LogP) is 3.70. The first kappa shape index (κ1) is 13.0. The van der Waals surface area contributed by atoms with Crippen molar-refractivity contribution in [2.24, 2.45) is 5.92 Å². The number of nitrogens with zero attached hydrogens (tertiary/aromatic N) is 3. The van der Waals surface area contributed by atoms with Crippen molar-refractivity contribution in [1.29, 1.82) is 0 Å². The van der Waals surface area contributed by atoms with Gasteiger partial charge in [0.05, 0.1) is 6.26 Å². The Balaban J connectivity index is 1.78. The third-order valence-electron chi connectivity index (χ3n) is 4.02. The van der Waals surface area contributed by atoms with Crippen LogP contribution >= 0.6 is 11.8 Å². The molecule has 1 aliphatic rings. The van der Waals surface area contributed by atoms with Crippen LogP contribution in [0.5, 0.6) is 0 Å². The van der Waals surface area contributed by atoms with Crippen LogP contribution in [0.3, 0.4) is 0 Å². The Kier molecular flexibility index (Phi) is 3.43. The van der Waals surface area contributed by atoms with Gasteiger partial charge in [-0.3, -0.25) is 0 Å². The zero-order valence-electron chi connectivity index (χ0n) is 11.7. The normalized spacial score (nSPS) is 16.6. The molecule has 3 aromatic heterocycles. The maximum Gasteiger partial charge on any atom is 0.206 e. The monoisotopic (exact) mass is 299 g/mol. The SMILES string of the molecule is c1coc(-n2c(CC3CCSCC3)nc3cccnc32)c1. The molecule has 0 spiro atoms. The molecule has 0 saturated carbocycles. The highest BCUT2D eigenvalue weighted by Crippen LogP contribution is 2.28. The van der Waals surface area contributed by atoms with Crippen LogP contribution in [0.4, 0.5) is 0 Å². The second kappa shape index (κ2) is 5.56. The van der Waals surface area contributed by atoms with E-state index in [0.29, 0.717) is 0 Å². The quantitative estimate of drug-likeness (QED) is 0.739. The van der Waals surface area contributed by atoms with Crippen molar-refractivity contribution < 1.29 is 4.42 Å². The van der Waals surface area contributed by atoms with Crippen LogP contribution < -0.4 is 0 Å². The molecule has 1 aliphatic heterocycles. The second-order valence-corrected chi connectivity index (χ2v) is 6.65. The van der Waals surface area contributed by atoms with Crippen molar-refractivity contribution >= 4 is 22.9 Å². The molecule has 0 aromatic carbocycles. The summed E-state index contributed by atoms with van der Waals surface area (Å²) in [5.41, 5.74) is 1.82. The fourth-order valence-corrected chi connectivity index (χ4v) is 4.14. The topological polar surface area (TPSA) is 43.9 Å². The first-order chi connectivity index (χ1) is 10.4. The van der Waals surface area contributed by atoms with Crippen LogP contribution in [0, 0.1) is 5.92 Å². The smallest absolute Gasteiger partial charge is 0.206 e. The number of pyridine rings is 1. The first-order valence-electron chi connectivity index (χ1n) is 7.36. The average molecular weight is 299 g/mol. The number of fused-ring (bicyclic) bond motifs is 1. The second-order valence-electron chi connectivity index (χ2n) is 5.42. The van der Waals surface area contributed by atoms with Gasteiger partial charge in [-0.15, -0.1) is 0 Å². The minimum Gasteiger partial charge on any atom is -0.448 e. The zero-order valence-corrected chi connectivity index (χ0v) is 12.6. The van der Waals surface area contributed by atoms with Crippen LogP contribution in [-0.4, -0.2) is 26.0 Å². The van der Waals surface area contributed by atoms with E-state index in [1.165, 1.54) is 24.3 Å². The van der Waals surface area contributed by atoms with E-state index in [1.807, 2.05) is 30.5 Å². The van der Waals surface area contributed by atoms with E-state index in [0.717, 1.165) is 35.2 Å². The molecule has 0 N–H and O–H groups in total. The van der Waals surface area contributed by atoms with Crippen molar-refractivity contribution in [2.75, 3.05) is 11.5 Å². The molecule has 1 fully saturated rings. The van der Waals surface area contributed by atoms with E-state index >= 15 is 0 Å². The summed E-state index contributed by atoms with van der Waals surface area (Å²) in [4.78, 5) is 9.28. The van der Waals surface area contributed by atoms with E-state index in [4.69, 9.17) is 9.40 Å². The molecular formula is C16H17N3OS. The summed E-state index contributed by atoms with van der Waals surface area (Å²) in [5, 5.41) is 0. The summed E-state index contributed by atoms with van der Waals surface area (Å²) >= 11 is 2.06. The third-order valence-corrected chi connectivity index (χ3v) is 5.07. The van der Waals surface area contributed by atoms with Gasteiger partial charge in [0.2, 0.25) is 5.88 Å². The van der Waals surface area contributed by atoms with E-state index in [-0.39, 0.29) is 0 Å². The molecule has 0 amide bonds. The Hall–Kier alpha value is -1.75. The van der Waals surface area contributed by atoms with Gasteiger partial charge in [-0.1, -0.05) is 0 Å². The van der Waals surface area contributed by atoms with Crippen molar-refractivity contribution in [1.82, 2.24) is 14.5 Å². The molecule has 5 heteroatoms. The van der Waals surface area contributed by atoms with Crippen LogP contribution in [0.25, 0.3) is 17.0 Å². The standard InChI is InChI=1S/C16H17N3OS/c1-3-13-16(17-7-1)19(15-4-2-8-20-15)14(18-13)11-12-5-9-21-10-6-12/h1-4,7-8,12H,5-6,9-11H2. The number of thioether (sulfide) groups is 1. The number of hydrogen-bond acceptors (Lipinski definition) is 4. The molecule has 0 atom stereocenters. The summed E-state index contributed by atoms with van der Waals surface area (Å²) in [6.45, 7) is 0. The van der Waals surface area contributed by atoms with Crippen LogP contribution in [-0.2, 0) is 6.42 Å². The van der Waals surface area contributed by atoms with Gasteiger partial charge in [0.1, 0.15) is 11.3 Å². The fourth-order valence-electron chi connectivity index (χ4n) is 2.93. The lowest BCUT2D eigenvalue weighted by Gasteiger charge is -2.20. The summed E-state index contributed by atoms with van der Waals surface area (Å²) in [6, 6.07) is 7.83. The number of aromatic nitrogens is 3. The van der Waals surface area contributed by atoms with Gasteiger partial charge in [0.15, 0.2) is 5.65 Å². The van der Waals surface area contributed by atoms with E-state index in [2.05, 4.69) is 21.3 Å². The van der Waals surface area contributed by atoms with Gasteiger partial charge in [0, 0.05) is 18.7 Å². The summed E-state index contributed by atoms with van der Waals surface area (Å²) in [5.74, 6) is 5.12. The Morgan fingerprint density at radius 1 is 1.24 bits per heavy atom. The summed E-state index contributed by atoms with van der Waals surface area (Å²) in [6.07, 6.45) is 7.06. The zero-order chi connectivity index (χ0) is 14.1. The van der Waals surface area contributed by atoms with Gasteiger partial charge >= 0.3 is 0 Å². The van der Waals surface area contributed by atoms with Crippen LogP contribution in [0.2, 0.25) is 0 Å². The lowest BCUT2D eigenvalue weighted by Crippen LogP contribution is -2.15. The maximum atomic E-state index is 5.59. The minimum atomic E-state index is 0.719. The van der Waals surface area contributed by atoms with E-state index < -0.39 is 0 Å². The molecule has 0 bridgehead atoms. The maximum absolute atomic E-state index is 5.59. The van der Waals surface area contributed by atoms with Gasteiger partial charge in [-0.2, -0.15) is 11.8 Å². The first-order valence-corrected chi connectivity index (χ1v) is 8.51. The number of furan rings is 1. The van der Waals surface area contributed by atoms with Gasteiger partial charge in [-0.25, -0.2) is 14.5 Å². The molecule has 4 nitrogen and oxygen atoms in total. The fraction of sp³-hybridized carbons (Fsp3) is 0.375. The molecular weight excluding hydrogens is 282 g/mol. The molecule has 0 radical (unpaired) electrons. The van der Waals surface area contributed by atoms with Gasteiger partial charge in [0.25, 0.3) is 0 Å². The van der Waals surface area contributed by atoms with Crippen LogP contribution in [0.1, 0.15) is 18.7 Å². The highest BCUT2D eigenvalue weighted by Gasteiger charge is 2.20. The number of hydrogen-bond donors (Lipinski definition) is 0. The van der Waals surface area contributed by atoms with Crippen molar-refractivity contribution in [3.8, 4) is 5.88 Å².